The number of para-hydroxylation sites is 1. The molecular formula is C26H37IN2O6. The molecule has 1 heterocycles. The van der Waals surface area contributed by atoms with E-state index in [2.05, 4.69) is 34.8 Å². The minimum Gasteiger partial charge on any atom is -0.482 e. The second-order valence-corrected chi connectivity index (χ2v) is 10.2. The molecule has 0 bridgehead atoms. The van der Waals surface area contributed by atoms with Crippen LogP contribution in [0, 0.1) is 3.57 Å². The molecule has 3 rings (SSSR count). The highest BCUT2D eigenvalue weighted by Gasteiger charge is 2.42. The summed E-state index contributed by atoms with van der Waals surface area (Å²) in [5.74, 6) is 0.139. The summed E-state index contributed by atoms with van der Waals surface area (Å²) < 4.78 is 12.7. The van der Waals surface area contributed by atoms with Crippen molar-refractivity contribution in [2.24, 2.45) is 0 Å². The van der Waals surface area contributed by atoms with Crippen LogP contribution in [-0.2, 0) is 14.3 Å². The van der Waals surface area contributed by atoms with E-state index in [1.165, 1.54) is 0 Å². The number of amides is 2. The zero-order valence-corrected chi connectivity index (χ0v) is 22.5. The van der Waals surface area contributed by atoms with Crippen molar-refractivity contribution in [3.63, 3.8) is 0 Å². The molecule has 1 aliphatic carbocycles. The standard InChI is InChI=1S/C26H37IN2O6/c1-2-3-4-7-13-29(26(33)22-11-8-15-34-22)20-16-18(25(32)28-12-14-30)17-23(24(20)31)35-21-10-6-5-9-19(21)27/h5-6,9-10,17,20,22-24,30-31H,2-4,7-8,11-16H2,1H3,(H,28,32). The Kier molecular flexibility index (Phi) is 11.3. The second kappa shape index (κ2) is 14.2. The van der Waals surface area contributed by atoms with Crippen LogP contribution in [-0.4, -0.2) is 77.6 Å². The maximum atomic E-state index is 13.5. The van der Waals surface area contributed by atoms with Gasteiger partial charge in [-0.25, -0.2) is 0 Å². The van der Waals surface area contributed by atoms with Crippen molar-refractivity contribution >= 4 is 34.4 Å². The van der Waals surface area contributed by atoms with Crippen LogP contribution in [0.15, 0.2) is 35.9 Å². The molecule has 0 saturated carbocycles. The Balaban J connectivity index is 1.89. The van der Waals surface area contributed by atoms with E-state index < -0.39 is 24.4 Å². The maximum absolute atomic E-state index is 13.5. The van der Waals surface area contributed by atoms with Gasteiger partial charge in [0, 0.05) is 31.7 Å². The first-order valence-corrected chi connectivity index (χ1v) is 13.6. The fourth-order valence-electron chi connectivity index (χ4n) is 4.57. The van der Waals surface area contributed by atoms with Gasteiger partial charge in [-0.2, -0.15) is 0 Å². The van der Waals surface area contributed by atoms with Crippen molar-refractivity contribution in [1.82, 2.24) is 10.2 Å². The van der Waals surface area contributed by atoms with Gasteiger partial charge in [-0.3, -0.25) is 9.59 Å². The SMILES string of the molecule is CCCCCCN(C(=O)C1CCCO1)C1CC(C(=O)NCCO)=CC(Oc2ccccc2I)C1O. The lowest BCUT2D eigenvalue weighted by atomic mass is 9.87. The van der Waals surface area contributed by atoms with Crippen LogP contribution in [0.1, 0.15) is 51.9 Å². The molecule has 4 unspecified atom stereocenters. The molecule has 1 aliphatic heterocycles. The van der Waals surface area contributed by atoms with Gasteiger partial charge in [0.05, 0.1) is 16.2 Å². The van der Waals surface area contributed by atoms with Gasteiger partial charge < -0.3 is 29.9 Å². The first-order chi connectivity index (χ1) is 17.0. The van der Waals surface area contributed by atoms with Crippen molar-refractivity contribution in [1.29, 1.82) is 0 Å². The van der Waals surface area contributed by atoms with Crippen LogP contribution in [0.2, 0.25) is 0 Å². The van der Waals surface area contributed by atoms with E-state index in [4.69, 9.17) is 14.6 Å². The van der Waals surface area contributed by atoms with Gasteiger partial charge in [-0.1, -0.05) is 38.3 Å². The molecule has 2 aliphatic rings. The summed E-state index contributed by atoms with van der Waals surface area (Å²) in [7, 11) is 0. The fraction of sp³-hybridized carbons (Fsp3) is 0.615. The van der Waals surface area contributed by atoms with Crippen molar-refractivity contribution in [2.75, 3.05) is 26.3 Å². The lowest BCUT2D eigenvalue weighted by molar-refractivity contribution is -0.148. The molecule has 0 spiro atoms. The van der Waals surface area contributed by atoms with E-state index in [9.17, 15) is 14.7 Å². The number of nitrogens with zero attached hydrogens (tertiary/aromatic N) is 1. The normalized spacial score (nSPS) is 24.1. The Morgan fingerprint density at radius 1 is 1.26 bits per heavy atom. The zero-order chi connectivity index (χ0) is 25.2. The number of aliphatic hydroxyl groups is 2. The molecular weight excluding hydrogens is 563 g/mol. The number of halogens is 1. The van der Waals surface area contributed by atoms with E-state index >= 15 is 0 Å². The number of carbonyl (C=O) groups is 2. The molecule has 0 radical (unpaired) electrons. The predicted octanol–water partition coefficient (Wildman–Crippen LogP) is 2.79. The van der Waals surface area contributed by atoms with Crippen LogP contribution < -0.4 is 10.1 Å². The first-order valence-electron chi connectivity index (χ1n) is 12.6. The Labute approximate surface area is 221 Å². The van der Waals surface area contributed by atoms with Crippen LogP contribution in [0.5, 0.6) is 5.75 Å². The van der Waals surface area contributed by atoms with Crippen LogP contribution in [0.3, 0.4) is 0 Å². The Bertz CT molecular complexity index is 873. The maximum Gasteiger partial charge on any atom is 0.252 e. The van der Waals surface area contributed by atoms with Gasteiger partial charge in [0.1, 0.15) is 24.1 Å². The summed E-state index contributed by atoms with van der Waals surface area (Å²) in [6.07, 6.45) is 4.95. The number of hydrogen-bond acceptors (Lipinski definition) is 6. The van der Waals surface area contributed by atoms with Gasteiger partial charge in [0.25, 0.3) is 5.91 Å². The Hall–Kier alpha value is -1.69. The van der Waals surface area contributed by atoms with Gasteiger partial charge in [-0.05, 0) is 60.1 Å². The molecule has 194 valence electrons. The summed E-state index contributed by atoms with van der Waals surface area (Å²) in [6, 6.07) is 6.85. The molecule has 1 aromatic carbocycles. The molecule has 1 saturated heterocycles. The monoisotopic (exact) mass is 600 g/mol. The van der Waals surface area contributed by atoms with Crippen molar-refractivity contribution in [3.8, 4) is 5.75 Å². The fourth-order valence-corrected chi connectivity index (χ4v) is 5.09. The average molecular weight is 600 g/mol. The third-order valence-electron chi connectivity index (χ3n) is 6.46. The third-order valence-corrected chi connectivity index (χ3v) is 7.35. The largest absolute Gasteiger partial charge is 0.482 e. The molecule has 3 N–H and O–H groups in total. The van der Waals surface area contributed by atoms with E-state index in [1.54, 1.807) is 11.0 Å². The summed E-state index contributed by atoms with van der Waals surface area (Å²) in [5, 5.41) is 23.3. The van der Waals surface area contributed by atoms with E-state index in [-0.39, 0.29) is 31.4 Å². The molecule has 1 aromatic rings. The summed E-state index contributed by atoms with van der Waals surface area (Å²) >= 11 is 2.17. The zero-order valence-electron chi connectivity index (χ0n) is 20.3. The van der Waals surface area contributed by atoms with E-state index in [0.717, 1.165) is 35.7 Å². The van der Waals surface area contributed by atoms with Gasteiger partial charge in [0.2, 0.25) is 5.91 Å². The number of unbranched alkanes of at least 4 members (excludes halogenated alkanes) is 3. The molecule has 9 heteroatoms. The summed E-state index contributed by atoms with van der Waals surface area (Å²) in [6.45, 7) is 3.13. The topological polar surface area (TPSA) is 108 Å². The summed E-state index contributed by atoms with van der Waals surface area (Å²) in [4.78, 5) is 28.1. The van der Waals surface area contributed by atoms with Gasteiger partial charge in [0.15, 0.2) is 0 Å². The number of rotatable bonds is 12. The average Bonchev–Trinajstić information content (AvgIpc) is 3.40. The number of aliphatic hydroxyl groups excluding tert-OH is 2. The number of ether oxygens (including phenoxy) is 2. The highest BCUT2D eigenvalue weighted by atomic mass is 127. The van der Waals surface area contributed by atoms with E-state index in [1.807, 2.05) is 24.3 Å². The van der Waals surface area contributed by atoms with Crippen LogP contribution in [0.25, 0.3) is 0 Å². The van der Waals surface area contributed by atoms with Crippen LogP contribution in [0.4, 0.5) is 0 Å². The van der Waals surface area contributed by atoms with Crippen LogP contribution >= 0.6 is 22.6 Å². The quantitative estimate of drug-likeness (QED) is 0.252. The second-order valence-electron chi connectivity index (χ2n) is 9.04. The highest BCUT2D eigenvalue weighted by molar-refractivity contribution is 14.1. The number of nitrogens with one attached hydrogen (secondary N) is 1. The lowest BCUT2D eigenvalue weighted by Gasteiger charge is -2.41. The van der Waals surface area contributed by atoms with Gasteiger partial charge >= 0.3 is 0 Å². The summed E-state index contributed by atoms with van der Waals surface area (Å²) in [5.41, 5.74) is 0.434. The molecule has 1 fully saturated rings. The molecule has 2 amide bonds. The van der Waals surface area contributed by atoms with Gasteiger partial charge in [-0.15, -0.1) is 0 Å². The smallest absolute Gasteiger partial charge is 0.252 e. The van der Waals surface area contributed by atoms with E-state index in [0.29, 0.717) is 30.9 Å². The molecule has 0 aromatic heterocycles. The number of hydrogen-bond donors (Lipinski definition) is 3. The molecule has 4 atom stereocenters. The number of carbonyl (C=O) groups excluding carboxylic acids is 2. The Morgan fingerprint density at radius 3 is 2.74 bits per heavy atom. The van der Waals surface area contributed by atoms with Crippen molar-refractivity contribution in [3.05, 3.63) is 39.5 Å². The third kappa shape index (κ3) is 7.65. The first kappa shape index (κ1) is 27.9. The minimum atomic E-state index is -1.02. The Morgan fingerprint density at radius 2 is 2.06 bits per heavy atom. The highest BCUT2D eigenvalue weighted by Crippen LogP contribution is 2.31. The minimum absolute atomic E-state index is 0.126. The molecule has 35 heavy (non-hydrogen) atoms. The van der Waals surface area contributed by atoms with Crippen molar-refractivity contribution in [2.45, 2.75) is 76.2 Å². The van der Waals surface area contributed by atoms with Crippen molar-refractivity contribution < 1.29 is 29.3 Å². The lowest BCUT2D eigenvalue weighted by Crippen LogP contribution is -2.57. The number of benzene rings is 1. The molecule has 8 nitrogen and oxygen atoms in total. The predicted molar refractivity (Wildman–Crippen MR) is 141 cm³/mol.